The highest BCUT2D eigenvalue weighted by atomic mass is 19.1. The fourth-order valence-electron chi connectivity index (χ4n) is 2.61. The minimum absolute atomic E-state index is 0.0651. The number of nitrogens with one attached hydrogen (secondary N) is 1. The number of carbonyl (C=O) groups excluding carboxylic acids is 1. The van der Waals surface area contributed by atoms with Gasteiger partial charge in [-0.25, -0.2) is 14.2 Å². The number of nitrogens with two attached hydrogens (primary N) is 2. The lowest BCUT2D eigenvalue weighted by Gasteiger charge is -2.10. The van der Waals surface area contributed by atoms with Crippen LogP contribution in [0.5, 0.6) is 0 Å². The van der Waals surface area contributed by atoms with Crippen LogP contribution in [0.25, 0.3) is 11.1 Å². The van der Waals surface area contributed by atoms with Gasteiger partial charge in [-0.3, -0.25) is 4.79 Å². The fraction of sp³-hybridized carbons (Fsp3) is 0.0625. The molecule has 0 saturated heterocycles. The molecule has 3 rings (SSSR count). The molecule has 7 nitrogen and oxygen atoms in total. The van der Waals surface area contributed by atoms with E-state index in [9.17, 15) is 19.1 Å². The van der Waals surface area contributed by atoms with Crippen molar-refractivity contribution in [1.29, 1.82) is 0 Å². The number of nitrogens with zero attached hydrogens (tertiary/aromatic N) is 1. The molecule has 1 amide bonds. The van der Waals surface area contributed by atoms with E-state index in [2.05, 4.69) is 10.3 Å². The van der Waals surface area contributed by atoms with Crippen LogP contribution in [-0.2, 0) is 6.54 Å². The first-order chi connectivity index (χ1) is 11.4. The van der Waals surface area contributed by atoms with Crippen molar-refractivity contribution in [3.63, 3.8) is 0 Å². The highest BCUT2D eigenvalue weighted by Gasteiger charge is 2.23. The second-order valence-electron chi connectivity index (χ2n) is 5.24. The van der Waals surface area contributed by atoms with Gasteiger partial charge >= 0.3 is 5.97 Å². The van der Waals surface area contributed by atoms with Crippen LogP contribution < -0.4 is 16.8 Å². The molecule has 0 unspecified atom stereocenters. The first-order valence-electron chi connectivity index (χ1n) is 6.95. The lowest BCUT2D eigenvalue weighted by molar-refractivity contribution is 0.0697. The van der Waals surface area contributed by atoms with E-state index in [-0.39, 0.29) is 40.7 Å². The van der Waals surface area contributed by atoms with E-state index in [1.807, 2.05) is 0 Å². The van der Waals surface area contributed by atoms with Gasteiger partial charge in [0.2, 0.25) is 0 Å². The fourth-order valence-corrected chi connectivity index (χ4v) is 2.61. The van der Waals surface area contributed by atoms with E-state index < -0.39 is 11.8 Å². The molecule has 6 N–H and O–H groups in total. The maximum atomic E-state index is 14.5. The Balaban J connectivity index is 2.23. The highest BCUT2D eigenvalue weighted by Crippen LogP contribution is 2.33. The standard InChI is InChI=1S/C16H13FN4O3/c17-13-5-10-7(6-20-14(10)22)3-12(13)11-4-8(21-16(18)19)1-2-9(11)15(23)24/h1-5H,6H2,(H,20,22)(H,23,24)(H4,18,19,21). The summed E-state index contributed by atoms with van der Waals surface area (Å²) in [5, 5.41) is 11.9. The normalized spacial score (nSPS) is 12.5. The second kappa shape index (κ2) is 5.65. The average Bonchev–Trinajstić information content (AvgIpc) is 2.86. The summed E-state index contributed by atoms with van der Waals surface area (Å²) in [4.78, 5) is 26.9. The Morgan fingerprint density at radius 2 is 1.92 bits per heavy atom. The van der Waals surface area contributed by atoms with Gasteiger partial charge in [-0.2, -0.15) is 0 Å². The van der Waals surface area contributed by atoms with Gasteiger partial charge in [0.25, 0.3) is 5.91 Å². The molecular weight excluding hydrogens is 315 g/mol. The molecule has 0 saturated carbocycles. The SMILES string of the molecule is NC(N)=Nc1ccc(C(=O)O)c(-c2cc3c(cc2F)C(=O)NC3)c1. The van der Waals surface area contributed by atoms with Gasteiger partial charge in [0.15, 0.2) is 5.96 Å². The third kappa shape index (κ3) is 2.65. The van der Waals surface area contributed by atoms with Crippen molar-refractivity contribution < 1.29 is 19.1 Å². The first kappa shape index (κ1) is 15.5. The number of carboxylic acids is 1. The molecule has 24 heavy (non-hydrogen) atoms. The molecule has 2 aromatic carbocycles. The number of aromatic carboxylic acids is 1. The molecule has 1 aliphatic rings. The summed E-state index contributed by atoms with van der Waals surface area (Å²) in [6, 6.07) is 6.67. The van der Waals surface area contributed by atoms with Crippen LogP contribution in [0.3, 0.4) is 0 Å². The van der Waals surface area contributed by atoms with Crippen LogP contribution in [0.4, 0.5) is 10.1 Å². The van der Waals surface area contributed by atoms with Gasteiger partial charge in [0.05, 0.1) is 11.3 Å². The summed E-state index contributed by atoms with van der Waals surface area (Å²) in [6.07, 6.45) is 0. The van der Waals surface area contributed by atoms with Crippen LogP contribution in [-0.4, -0.2) is 22.9 Å². The monoisotopic (exact) mass is 328 g/mol. The number of carboxylic acid groups (broad SMARTS) is 1. The summed E-state index contributed by atoms with van der Waals surface area (Å²) < 4.78 is 14.5. The highest BCUT2D eigenvalue weighted by molar-refractivity contribution is 6.01. The first-order valence-corrected chi connectivity index (χ1v) is 6.95. The Hall–Kier alpha value is -3.42. The minimum Gasteiger partial charge on any atom is -0.478 e. The van der Waals surface area contributed by atoms with Crippen LogP contribution in [0.2, 0.25) is 0 Å². The topological polar surface area (TPSA) is 131 Å². The number of aliphatic imine (C=N–C) groups is 1. The van der Waals surface area contributed by atoms with Crippen molar-refractivity contribution in [2.75, 3.05) is 0 Å². The summed E-state index contributed by atoms with van der Waals surface area (Å²) in [5.41, 5.74) is 11.9. The van der Waals surface area contributed by atoms with Crippen LogP contribution in [0, 0.1) is 5.82 Å². The maximum Gasteiger partial charge on any atom is 0.336 e. The third-order valence-electron chi connectivity index (χ3n) is 3.66. The molecule has 0 spiro atoms. The Kier molecular flexibility index (Phi) is 3.64. The second-order valence-corrected chi connectivity index (χ2v) is 5.24. The van der Waals surface area contributed by atoms with Gasteiger partial charge in [-0.1, -0.05) is 0 Å². The molecule has 0 aromatic heterocycles. The van der Waals surface area contributed by atoms with Crippen LogP contribution in [0.15, 0.2) is 35.3 Å². The van der Waals surface area contributed by atoms with E-state index in [1.54, 1.807) is 0 Å². The molecule has 0 radical (unpaired) electrons. The zero-order valence-corrected chi connectivity index (χ0v) is 12.3. The number of hydrogen-bond donors (Lipinski definition) is 4. The Morgan fingerprint density at radius 1 is 1.17 bits per heavy atom. The molecule has 0 aliphatic carbocycles. The van der Waals surface area contributed by atoms with Crippen LogP contribution >= 0.6 is 0 Å². The van der Waals surface area contributed by atoms with E-state index in [4.69, 9.17) is 11.5 Å². The van der Waals surface area contributed by atoms with Gasteiger partial charge in [0, 0.05) is 23.2 Å². The predicted octanol–water partition coefficient (Wildman–Crippen LogP) is 1.34. The van der Waals surface area contributed by atoms with Crippen molar-refractivity contribution in [1.82, 2.24) is 5.32 Å². The predicted molar refractivity (Wildman–Crippen MR) is 85.4 cm³/mol. The number of guanidine groups is 1. The molecular formula is C16H13FN4O3. The van der Waals surface area contributed by atoms with Crippen molar-refractivity contribution in [3.05, 3.63) is 52.8 Å². The zero-order chi connectivity index (χ0) is 17.4. The molecule has 0 fully saturated rings. The molecule has 1 heterocycles. The average molecular weight is 328 g/mol. The lowest BCUT2D eigenvalue weighted by atomic mass is 9.95. The lowest BCUT2D eigenvalue weighted by Crippen LogP contribution is -2.21. The Bertz CT molecular complexity index is 904. The number of benzene rings is 2. The summed E-state index contributed by atoms with van der Waals surface area (Å²) in [7, 11) is 0. The van der Waals surface area contributed by atoms with Crippen LogP contribution in [0.1, 0.15) is 26.3 Å². The number of hydrogen-bond acceptors (Lipinski definition) is 3. The quantitative estimate of drug-likeness (QED) is 0.499. The Labute approximate surface area is 135 Å². The zero-order valence-electron chi connectivity index (χ0n) is 12.3. The van der Waals surface area contributed by atoms with Crippen molar-refractivity contribution >= 4 is 23.5 Å². The smallest absolute Gasteiger partial charge is 0.336 e. The van der Waals surface area contributed by atoms with Gasteiger partial charge in [-0.05, 0) is 35.9 Å². The number of rotatable bonds is 3. The van der Waals surface area contributed by atoms with Crippen molar-refractivity contribution in [2.45, 2.75) is 6.54 Å². The number of amides is 1. The van der Waals surface area contributed by atoms with E-state index >= 15 is 0 Å². The van der Waals surface area contributed by atoms with Gasteiger partial charge in [-0.15, -0.1) is 0 Å². The molecule has 122 valence electrons. The molecule has 2 aromatic rings. The molecule has 0 bridgehead atoms. The minimum atomic E-state index is -1.21. The largest absolute Gasteiger partial charge is 0.478 e. The molecule has 1 aliphatic heterocycles. The van der Waals surface area contributed by atoms with Gasteiger partial charge in [0.1, 0.15) is 5.82 Å². The van der Waals surface area contributed by atoms with E-state index in [1.165, 1.54) is 24.3 Å². The summed E-state index contributed by atoms with van der Waals surface area (Å²) >= 11 is 0. The van der Waals surface area contributed by atoms with E-state index in [0.29, 0.717) is 11.3 Å². The number of fused-ring (bicyclic) bond motifs is 1. The summed E-state index contributed by atoms with van der Waals surface area (Å²) in [5.74, 6) is -2.47. The molecule has 8 heteroatoms. The maximum absolute atomic E-state index is 14.5. The van der Waals surface area contributed by atoms with Crippen molar-refractivity contribution in [2.24, 2.45) is 16.5 Å². The summed E-state index contributed by atoms with van der Waals surface area (Å²) in [6.45, 7) is 0.261. The Morgan fingerprint density at radius 3 is 2.58 bits per heavy atom. The van der Waals surface area contributed by atoms with Crippen molar-refractivity contribution in [3.8, 4) is 11.1 Å². The number of halogens is 1. The third-order valence-corrected chi connectivity index (χ3v) is 3.66. The number of carbonyl (C=O) groups is 2. The van der Waals surface area contributed by atoms with Gasteiger partial charge < -0.3 is 21.9 Å². The van der Waals surface area contributed by atoms with E-state index in [0.717, 1.165) is 6.07 Å². The molecule has 0 atom stereocenters.